The van der Waals surface area contributed by atoms with Gasteiger partial charge in [-0.05, 0) is 44.3 Å². The zero-order valence-corrected chi connectivity index (χ0v) is 21.1. The number of aromatic nitrogens is 1. The van der Waals surface area contributed by atoms with Gasteiger partial charge in [0.15, 0.2) is 5.89 Å². The molecule has 0 radical (unpaired) electrons. The third kappa shape index (κ3) is 7.81. The number of hydrogen-bond donors (Lipinski definition) is 1. The summed E-state index contributed by atoms with van der Waals surface area (Å²) in [5.41, 5.74) is 1.86. The van der Waals surface area contributed by atoms with Gasteiger partial charge in [-0.15, -0.1) is 0 Å². The summed E-state index contributed by atoms with van der Waals surface area (Å²) in [7, 11) is 0. The molecule has 0 fully saturated rings. The normalized spacial score (nSPS) is 30.9. The fraction of sp³-hybridized carbons (Fsp3) is 0.593. The summed E-state index contributed by atoms with van der Waals surface area (Å²) >= 11 is 0. The highest BCUT2D eigenvalue weighted by Gasteiger charge is 2.36. The second kappa shape index (κ2) is 11.6. The molecular formula is C27H39NO5. The maximum absolute atomic E-state index is 13.1. The van der Waals surface area contributed by atoms with Crippen molar-refractivity contribution in [3.8, 4) is 0 Å². The number of nitrogens with zero attached hydrogens (tertiary/aromatic N) is 1. The van der Waals surface area contributed by atoms with Gasteiger partial charge in [0, 0.05) is 31.1 Å². The predicted octanol–water partition coefficient (Wildman–Crippen LogP) is 5.60. The summed E-state index contributed by atoms with van der Waals surface area (Å²) in [4.78, 5) is 30.1. The molecule has 0 amide bonds. The Hall–Kier alpha value is -2.47. The monoisotopic (exact) mass is 457 g/mol. The quantitative estimate of drug-likeness (QED) is 0.581. The van der Waals surface area contributed by atoms with E-state index in [9.17, 15) is 14.7 Å². The number of rotatable bonds is 2. The number of ether oxygens (including phenoxy) is 1. The lowest BCUT2D eigenvalue weighted by atomic mass is 9.74. The SMILES string of the molecule is CC1=C/C[C@@H](/C(C)=C/c2coc(C)n2)OC(=O)CCC(C)(C)C(=O)[C@H](C)[C@@H](O)C(C)C\C=C\1. The van der Waals surface area contributed by atoms with Gasteiger partial charge in [0.1, 0.15) is 23.8 Å². The molecule has 1 unspecified atom stereocenters. The van der Waals surface area contributed by atoms with E-state index in [-0.39, 0.29) is 24.1 Å². The van der Waals surface area contributed by atoms with Gasteiger partial charge in [0.2, 0.25) is 0 Å². The number of oxazole rings is 1. The Morgan fingerprint density at radius 3 is 2.55 bits per heavy atom. The molecule has 1 aliphatic heterocycles. The second-order valence-corrected chi connectivity index (χ2v) is 9.98. The molecule has 0 saturated carbocycles. The van der Waals surface area contributed by atoms with Crippen molar-refractivity contribution in [2.75, 3.05) is 0 Å². The number of carbonyl (C=O) groups excluding carboxylic acids is 2. The van der Waals surface area contributed by atoms with Gasteiger partial charge in [0.25, 0.3) is 0 Å². The minimum absolute atomic E-state index is 0.0316. The van der Waals surface area contributed by atoms with Crippen LogP contribution in [-0.4, -0.2) is 34.1 Å². The van der Waals surface area contributed by atoms with Crippen molar-refractivity contribution in [3.63, 3.8) is 0 Å². The van der Waals surface area contributed by atoms with Crippen molar-refractivity contribution < 1.29 is 23.8 Å². The number of carbonyl (C=O) groups is 2. The topological polar surface area (TPSA) is 89.6 Å². The van der Waals surface area contributed by atoms with Gasteiger partial charge in [0.05, 0.1) is 6.10 Å². The van der Waals surface area contributed by atoms with Gasteiger partial charge in [-0.3, -0.25) is 9.59 Å². The molecule has 4 atom stereocenters. The van der Waals surface area contributed by atoms with Crippen LogP contribution in [0.1, 0.15) is 78.8 Å². The molecule has 0 spiro atoms. The maximum atomic E-state index is 13.1. The largest absolute Gasteiger partial charge is 0.457 e. The number of allylic oxidation sites excluding steroid dienone is 3. The van der Waals surface area contributed by atoms with E-state index in [1.807, 2.05) is 58.9 Å². The molecule has 2 rings (SSSR count). The first-order valence-corrected chi connectivity index (χ1v) is 11.8. The van der Waals surface area contributed by atoms with Gasteiger partial charge < -0.3 is 14.3 Å². The van der Waals surface area contributed by atoms with Gasteiger partial charge in [-0.1, -0.05) is 51.5 Å². The molecule has 0 aromatic carbocycles. The fourth-order valence-corrected chi connectivity index (χ4v) is 4.09. The van der Waals surface area contributed by atoms with Gasteiger partial charge in [-0.2, -0.15) is 0 Å². The maximum Gasteiger partial charge on any atom is 0.306 e. The standard InChI is InChI=1S/C27H39NO5/c1-17-9-8-10-18(2)25(30)20(4)26(31)27(6,7)14-13-24(29)33-23(12-11-17)19(3)15-22-16-32-21(5)28-22/h8-9,11,15-16,18,20,23,25,30H,10,12-14H2,1-7H3/b9-8+,17-11-,19-15+/t18?,20-,23+,25+/m1/s1. The molecule has 182 valence electrons. The minimum Gasteiger partial charge on any atom is -0.457 e. The molecule has 6 nitrogen and oxygen atoms in total. The Labute approximate surface area is 197 Å². The van der Waals surface area contributed by atoms with Crippen LogP contribution in [0.4, 0.5) is 0 Å². The molecular weight excluding hydrogens is 418 g/mol. The molecule has 1 aromatic rings. The summed E-state index contributed by atoms with van der Waals surface area (Å²) in [6, 6.07) is 0. The first-order chi connectivity index (χ1) is 15.4. The van der Waals surface area contributed by atoms with Crippen molar-refractivity contribution in [1.82, 2.24) is 4.98 Å². The van der Waals surface area contributed by atoms with Crippen LogP contribution < -0.4 is 0 Å². The van der Waals surface area contributed by atoms with E-state index in [2.05, 4.69) is 4.98 Å². The summed E-state index contributed by atoms with van der Waals surface area (Å²) in [6.07, 6.45) is 10.0. The van der Waals surface area contributed by atoms with Crippen LogP contribution >= 0.6 is 0 Å². The van der Waals surface area contributed by atoms with Crippen molar-refractivity contribution in [2.24, 2.45) is 17.3 Å². The van der Waals surface area contributed by atoms with Crippen LogP contribution in [0, 0.1) is 24.2 Å². The fourth-order valence-electron chi connectivity index (χ4n) is 4.09. The van der Waals surface area contributed by atoms with E-state index in [0.717, 1.165) is 11.1 Å². The van der Waals surface area contributed by atoms with Crippen LogP contribution in [-0.2, 0) is 14.3 Å². The number of aliphatic hydroxyl groups is 1. The Kier molecular flexibility index (Phi) is 9.41. The lowest BCUT2D eigenvalue weighted by Gasteiger charge is -2.31. The molecule has 2 heterocycles. The Morgan fingerprint density at radius 1 is 1.21 bits per heavy atom. The number of esters is 1. The highest BCUT2D eigenvalue weighted by molar-refractivity contribution is 5.87. The van der Waals surface area contributed by atoms with Crippen LogP contribution in [0.25, 0.3) is 6.08 Å². The third-order valence-corrected chi connectivity index (χ3v) is 6.47. The number of cyclic esters (lactones) is 1. The van der Waals surface area contributed by atoms with Crippen LogP contribution in [0.15, 0.2) is 40.1 Å². The average Bonchev–Trinajstić information content (AvgIpc) is 3.17. The summed E-state index contributed by atoms with van der Waals surface area (Å²) < 4.78 is 11.1. The third-order valence-electron chi connectivity index (χ3n) is 6.47. The number of hydrogen-bond acceptors (Lipinski definition) is 6. The lowest BCUT2D eigenvalue weighted by Crippen LogP contribution is -2.39. The van der Waals surface area contributed by atoms with E-state index < -0.39 is 23.5 Å². The molecule has 1 aliphatic rings. The molecule has 0 aliphatic carbocycles. The second-order valence-electron chi connectivity index (χ2n) is 9.98. The number of aryl methyl sites for hydroxylation is 1. The van der Waals surface area contributed by atoms with Crippen LogP contribution in [0.2, 0.25) is 0 Å². The number of Topliss-reactive ketones (excluding diaryl/α,β-unsaturated/α-hetero) is 1. The van der Waals surface area contributed by atoms with Gasteiger partial charge >= 0.3 is 5.97 Å². The van der Waals surface area contributed by atoms with Crippen LogP contribution in [0.5, 0.6) is 0 Å². The molecule has 0 bridgehead atoms. The summed E-state index contributed by atoms with van der Waals surface area (Å²) in [6.45, 7) is 13.1. The van der Waals surface area contributed by atoms with Gasteiger partial charge in [-0.25, -0.2) is 4.98 Å². The molecule has 1 N–H and O–H groups in total. The zero-order valence-electron chi connectivity index (χ0n) is 21.1. The zero-order chi connectivity index (χ0) is 24.8. The summed E-state index contributed by atoms with van der Waals surface area (Å²) in [5, 5.41) is 10.7. The molecule has 1 aromatic heterocycles. The van der Waals surface area contributed by atoms with Crippen LogP contribution in [0.3, 0.4) is 0 Å². The van der Waals surface area contributed by atoms with Crippen molar-refractivity contribution in [3.05, 3.63) is 47.2 Å². The smallest absolute Gasteiger partial charge is 0.306 e. The Balaban J connectivity index is 2.32. The highest BCUT2D eigenvalue weighted by atomic mass is 16.5. The Bertz CT molecular complexity index is 921. The van der Waals surface area contributed by atoms with Crippen molar-refractivity contribution >= 4 is 17.8 Å². The summed E-state index contributed by atoms with van der Waals surface area (Å²) in [5.74, 6) is -0.361. The van der Waals surface area contributed by atoms with E-state index in [1.54, 1.807) is 20.1 Å². The highest BCUT2D eigenvalue weighted by Crippen LogP contribution is 2.31. The minimum atomic E-state index is -0.735. The van der Waals surface area contributed by atoms with E-state index in [1.165, 1.54) is 0 Å². The average molecular weight is 458 g/mol. The van der Waals surface area contributed by atoms with E-state index in [0.29, 0.717) is 30.8 Å². The number of ketones is 1. The first kappa shape index (κ1) is 26.8. The molecule has 6 heteroatoms. The lowest BCUT2D eigenvalue weighted by molar-refractivity contribution is -0.148. The molecule has 33 heavy (non-hydrogen) atoms. The molecule has 0 saturated heterocycles. The predicted molar refractivity (Wildman–Crippen MR) is 129 cm³/mol. The number of aliphatic hydroxyl groups excluding tert-OH is 1. The van der Waals surface area contributed by atoms with E-state index >= 15 is 0 Å². The first-order valence-electron chi connectivity index (χ1n) is 11.8. The van der Waals surface area contributed by atoms with Crippen molar-refractivity contribution in [1.29, 1.82) is 0 Å². The van der Waals surface area contributed by atoms with Crippen molar-refractivity contribution in [2.45, 2.75) is 86.4 Å². The van der Waals surface area contributed by atoms with E-state index in [4.69, 9.17) is 9.15 Å². The Morgan fingerprint density at radius 2 is 1.91 bits per heavy atom.